The summed E-state index contributed by atoms with van der Waals surface area (Å²) in [4.78, 5) is 22.3. The molecular formula is C20H30N4O4S. The minimum absolute atomic E-state index is 0.159. The molecule has 1 fully saturated rings. The zero-order valence-corrected chi connectivity index (χ0v) is 18.3. The van der Waals surface area contributed by atoms with E-state index in [-0.39, 0.29) is 29.8 Å². The summed E-state index contributed by atoms with van der Waals surface area (Å²) < 4.78 is 31.5. The zero-order valence-electron chi connectivity index (χ0n) is 17.4. The first-order chi connectivity index (χ1) is 13.7. The lowest BCUT2D eigenvalue weighted by atomic mass is 9.86. The summed E-state index contributed by atoms with van der Waals surface area (Å²) >= 11 is 0. The van der Waals surface area contributed by atoms with Crippen molar-refractivity contribution < 1.29 is 17.9 Å². The van der Waals surface area contributed by atoms with Crippen molar-refractivity contribution in [2.24, 2.45) is 5.92 Å². The first-order valence-corrected chi connectivity index (χ1v) is 11.7. The maximum Gasteiger partial charge on any atom is 0.342 e. The molecule has 29 heavy (non-hydrogen) atoms. The molecular weight excluding hydrogens is 392 g/mol. The number of aromatic amines is 1. The van der Waals surface area contributed by atoms with Crippen molar-refractivity contribution in [2.75, 3.05) is 24.7 Å². The number of sulfonamides is 1. The number of ether oxygens (including phenoxy) is 1. The van der Waals surface area contributed by atoms with Gasteiger partial charge in [0.15, 0.2) is 0 Å². The molecule has 160 valence electrons. The Hall–Kier alpha value is -2.13. The van der Waals surface area contributed by atoms with Crippen LogP contribution in [0.4, 0.5) is 5.69 Å². The van der Waals surface area contributed by atoms with Crippen molar-refractivity contribution in [3.63, 3.8) is 0 Å². The number of esters is 1. The molecule has 1 aliphatic rings. The Morgan fingerprint density at radius 1 is 1.34 bits per heavy atom. The summed E-state index contributed by atoms with van der Waals surface area (Å²) in [5.74, 6) is -0.0538. The first-order valence-electron chi connectivity index (χ1n) is 10.0. The highest BCUT2D eigenvalue weighted by Gasteiger charge is 2.30. The lowest BCUT2D eigenvalue weighted by Crippen LogP contribution is -2.38. The molecule has 0 spiro atoms. The number of fused-ring (bicyclic) bond motifs is 1. The van der Waals surface area contributed by atoms with Gasteiger partial charge in [-0.25, -0.2) is 22.9 Å². The van der Waals surface area contributed by atoms with Gasteiger partial charge >= 0.3 is 5.97 Å². The van der Waals surface area contributed by atoms with Crippen LogP contribution in [0.1, 0.15) is 49.9 Å². The van der Waals surface area contributed by atoms with Crippen LogP contribution >= 0.6 is 0 Å². The molecule has 3 rings (SSSR count). The second-order valence-electron chi connectivity index (χ2n) is 7.99. The Morgan fingerprint density at radius 2 is 2.03 bits per heavy atom. The lowest BCUT2D eigenvalue weighted by molar-refractivity contribution is 0.0378. The number of H-pyrrole nitrogens is 1. The van der Waals surface area contributed by atoms with Gasteiger partial charge < -0.3 is 14.6 Å². The molecule has 1 aliphatic carbocycles. The van der Waals surface area contributed by atoms with E-state index in [0.29, 0.717) is 5.56 Å². The number of nitrogens with one attached hydrogen (secondary N) is 2. The van der Waals surface area contributed by atoms with Crippen LogP contribution in [-0.2, 0) is 14.8 Å². The van der Waals surface area contributed by atoms with Crippen LogP contribution < -0.4 is 9.62 Å². The molecule has 0 atom stereocenters. The van der Waals surface area contributed by atoms with E-state index in [9.17, 15) is 13.2 Å². The molecule has 0 aliphatic heterocycles. The Balaban J connectivity index is 1.83. The summed E-state index contributed by atoms with van der Waals surface area (Å²) in [6.45, 7) is 3.65. The fourth-order valence-corrected chi connectivity index (χ4v) is 5.20. The van der Waals surface area contributed by atoms with E-state index < -0.39 is 10.0 Å². The fourth-order valence-electron chi connectivity index (χ4n) is 4.08. The fraction of sp³-hybridized carbons (Fsp3) is 0.600. The lowest BCUT2D eigenvalue weighted by Gasteiger charge is -2.36. The first kappa shape index (κ1) is 21.6. The molecule has 2 N–H and O–H groups in total. The van der Waals surface area contributed by atoms with Gasteiger partial charge in [0.25, 0.3) is 0 Å². The molecule has 2 aromatic heterocycles. The quantitative estimate of drug-likeness (QED) is 0.665. The molecule has 9 heteroatoms. The summed E-state index contributed by atoms with van der Waals surface area (Å²) in [5.41, 5.74) is 1.99. The van der Waals surface area contributed by atoms with Crippen LogP contribution in [0.3, 0.4) is 0 Å². The molecule has 0 saturated heterocycles. The van der Waals surface area contributed by atoms with Crippen molar-refractivity contribution in [2.45, 2.75) is 51.7 Å². The third-order valence-electron chi connectivity index (χ3n) is 5.60. The van der Waals surface area contributed by atoms with Gasteiger partial charge in [-0.2, -0.15) is 0 Å². The predicted molar refractivity (Wildman–Crippen MR) is 114 cm³/mol. The number of nitrogens with zero attached hydrogens (tertiary/aromatic N) is 2. The van der Waals surface area contributed by atoms with Gasteiger partial charge in [-0.05, 0) is 58.6 Å². The second kappa shape index (κ2) is 8.71. The third-order valence-corrected chi connectivity index (χ3v) is 7.14. The molecule has 2 aromatic rings. The van der Waals surface area contributed by atoms with Crippen LogP contribution in [0.5, 0.6) is 0 Å². The number of rotatable bonds is 7. The van der Waals surface area contributed by atoms with E-state index in [1.165, 1.54) is 7.05 Å². The highest BCUT2D eigenvalue weighted by Crippen LogP contribution is 2.35. The maximum atomic E-state index is 12.7. The zero-order chi connectivity index (χ0) is 21.2. The van der Waals surface area contributed by atoms with Crippen LogP contribution in [0.15, 0.2) is 18.5 Å². The van der Waals surface area contributed by atoms with E-state index in [4.69, 9.17) is 4.74 Å². The van der Waals surface area contributed by atoms with E-state index in [1.54, 1.807) is 6.20 Å². The number of aromatic nitrogens is 2. The van der Waals surface area contributed by atoms with Crippen molar-refractivity contribution in [3.05, 3.63) is 24.0 Å². The Labute approximate surface area is 172 Å². The number of anilines is 1. The smallest absolute Gasteiger partial charge is 0.342 e. The molecule has 0 bridgehead atoms. The van der Waals surface area contributed by atoms with E-state index in [1.807, 2.05) is 33.2 Å². The summed E-state index contributed by atoms with van der Waals surface area (Å²) in [5, 5.41) is 0.880. The van der Waals surface area contributed by atoms with Gasteiger partial charge in [0.05, 0.1) is 17.5 Å². The van der Waals surface area contributed by atoms with Crippen LogP contribution in [-0.4, -0.2) is 56.3 Å². The van der Waals surface area contributed by atoms with Crippen molar-refractivity contribution >= 4 is 32.7 Å². The van der Waals surface area contributed by atoms with E-state index >= 15 is 0 Å². The molecule has 0 aromatic carbocycles. The van der Waals surface area contributed by atoms with Gasteiger partial charge in [0.2, 0.25) is 10.0 Å². The maximum absolute atomic E-state index is 12.7. The minimum Gasteiger partial charge on any atom is -0.459 e. The monoisotopic (exact) mass is 422 g/mol. The SMILES string of the molecule is CNS(=O)(=O)CC1CCC(N(C)c2c(C(=O)OC(C)C)cnc3[nH]ccc23)CC1. The van der Waals surface area contributed by atoms with Gasteiger partial charge in [0, 0.05) is 30.9 Å². The van der Waals surface area contributed by atoms with Gasteiger partial charge in [-0.15, -0.1) is 0 Å². The summed E-state index contributed by atoms with van der Waals surface area (Å²) in [7, 11) is 0.249. The number of hydrogen-bond donors (Lipinski definition) is 2. The summed E-state index contributed by atoms with van der Waals surface area (Å²) in [6, 6.07) is 2.14. The number of carbonyl (C=O) groups is 1. The number of hydrogen-bond acceptors (Lipinski definition) is 6. The third kappa shape index (κ3) is 4.90. The standard InChI is InChI=1S/C20H30N4O4S/c1-13(2)28-20(25)17-11-23-19-16(9-10-22-19)18(17)24(4)15-7-5-14(6-8-15)12-29(26,27)21-3/h9-11,13-15,21H,5-8,12H2,1-4H3,(H,22,23). The second-order valence-corrected chi connectivity index (χ2v) is 9.96. The number of carbonyl (C=O) groups excluding carboxylic acids is 1. The van der Waals surface area contributed by atoms with Crippen molar-refractivity contribution in [1.29, 1.82) is 0 Å². The largest absolute Gasteiger partial charge is 0.459 e. The summed E-state index contributed by atoms with van der Waals surface area (Å²) in [6.07, 6.45) is 6.58. The van der Waals surface area contributed by atoms with E-state index in [2.05, 4.69) is 19.6 Å². The normalized spacial score (nSPS) is 20.2. The highest BCUT2D eigenvalue weighted by molar-refractivity contribution is 7.89. The predicted octanol–water partition coefficient (Wildman–Crippen LogP) is 2.67. The Bertz CT molecular complexity index is 962. The van der Waals surface area contributed by atoms with Crippen LogP contribution in [0, 0.1) is 5.92 Å². The average molecular weight is 423 g/mol. The van der Waals surface area contributed by atoms with Gasteiger partial charge in [-0.3, -0.25) is 0 Å². The van der Waals surface area contributed by atoms with Gasteiger partial charge in [-0.1, -0.05) is 0 Å². The van der Waals surface area contributed by atoms with Crippen LogP contribution in [0.25, 0.3) is 11.0 Å². The van der Waals surface area contributed by atoms with E-state index in [0.717, 1.165) is 42.4 Å². The molecule has 0 amide bonds. The molecule has 8 nitrogen and oxygen atoms in total. The molecule has 2 heterocycles. The van der Waals surface area contributed by atoms with Crippen molar-refractivity contribution in [3.8, 4) is 0 Å². The molecule has 0 radical (unpaired) electrons. The van der Waals surface area contributed by atoms with Crippen molar-refractivity contribution in [1.82, 2.24) is 14.7 Å². The minimum atomic E-state index is -3.20. The average Bonchev–Trinajstić information content (AvgIpc) is 3.15. The molecule has 1 saturated carbocycles. The van der Waals surface area contributed by atoms with Crippen LogP contribution in [0.2, 0.25) is 0 Å². The highest BCUT2D eigenvalue weighted by atomic mass is 32.2. The van der Waals surface area contributed by atoms with Gasteiger partial charge in [0.1, 0.15) is 11.2 Å². The topological polar surface area (TPSA) is 104 Å². The Kier molecular flexibility index (Phi) is 6.48. The number of pyridine rings is 1. The Morgan fingerprint density at radius 3 is 2.66 bits per heavy atom. The molecule has 0 unspecified atom stereocenters.